The lowest BCUT2D eigenvalue weighted by Crippen LogP contribution is -2.42. The first-order chi connectivity index (χ1) is 19.6. The summed E-state index contributed by atoms with van der Waals surface area (Å²) < 4.78 is 24.0. The van der Waals surface area contributed by atoms with Crippen molar-refractivity contribution in [2.24, 2.45) is 10.9 Å². The second kappa shape index (κ2) is 11.6. The summed E-state index contributed by atoms with van der Waals surface area (Å²) in [7, 11) is -1.39. The van der Waals surface area contributed by atoms with Gasteiger partial charge in [0, 0.05) is 23.1 Å². The van der Waals surface area contributed by atoms with Crippen molar-refractivity contribution in [2.45, 2.75) is 23.8 Å². The molecule has 0 bridgehead atoms. The van der Waals surface area contributed by atoms with Crippen LogP contribution in [0.4, 0.5) is 0 Å². The lowest BCUT2D eigenvalue weighted by Gasteiger charge is -2.16. The normalized spacial score (nSPS) is 12.1. The van der Waals surface area contributed by atoms with Crippen molar-refractivity contribution in [3.8, 4) is 34.0 Å². The molecule has 0 radical (unpaired) electrons. The molecular weight excluding hydrogens is 587 g/mol. The number of carbonyl (C=O) groups excluding carboxylic acids is 1. The van der Waals surface area contributed by atoms with Crippen molar-refractivity contribution in [3.63, 3.8) is 0 Å². The number of benzene rings is 3. The number of amides is 1. The largest absolute Gasteiger partial charge is 0.507 e. The molecule has 3 aromatic carbocycles. The molecule has 218 valence electrons. The number of aliphatic carboxylic acids is 1. The molecule has 42 heavy (non-hydrogen) atoms. The molecule has 0 saturated heterocycles. The Morgan fingerprint density at radius 2 is 1.74 bits per heavy atom. The van der Waals surface area contributed by atoms with E-state index >= 15 is 0 Å². The van der Waals surface area contributed by atoms with Crippen LogP contribution in [0.1, 0.15) is 17.5 Å². The SMILES string of the molecule is N=C(N)c1ccc2[nH]c(-c3cc(CC(=O)N[C@@H](CC(O)=P)C(=O)O)cc(-c4cc(S(N)(=O)=O)ccc4O)c3O)nc2c1. The number of primary sulfonamides is 1. The number of aromatic hydroxyl groups is 2. The second-order valence-corrected chi connectivity index (χ2v) is 11.4. The average molecular weight is 613 g/mol. The average Bonchev–Trinajstić information content (AvgIpc) is 3.32. The number of rotatable bonds is 10. The number of phenols is 2. The molecule has 0 aliphatic carbocycles. The Hall–Kier alpha value is -4.82. The number of carboxylic acids is 1. The van der Waals surface area contributed by atoms with Crippen LogP contribution in [0.25, 0.3) is 33.5 Å². The summed E-state index contributed by atoms with van der Waals surface area (Å²) in [6.45, 7) is 0. The van der Waals surface area contributed by atoms with E-state index < -0.39 is 52.3 Å². The van der Waals surface area contributed by atoms with Crippen LogP contribution in [0, 0.1) is 5.41 Å². The first-order valence-electron chi connectivity index (χ1n) is 12.0. The lowest BCUT2D eigenvalue weighted by atomic mass is 9.95. The second-order valence-electron chi connectivity index (χ2n) is 9.28. The molecule has 0 aliphatic rings. The Bertz CT molecular complexity index is 1890. The minimum absolute atomic E-state index is 0.0530. The van der Waals surface area contributed by atoms with E-state index in [-0.39, 0.29) is 44.3 Å². The van der Waals surface area contributed by atoms with Crippen LogP contribution >= 0.6 is 8.86 Å². The van der Waals surface area contributed by atoms with E-state index in [0.29, 0.717) is 16.6 Å². The summed E-state index contributed by atoms with van der Waals surface area (Å²) in [5.41, 5.74) is 6.57. The monoisotopic (exact) mass is 612 g/mol. The molecule has 4 aromatic rings. The maximum absolute atomic E-state index is 12.8. The molecule has 1 atom stereocenters. The van der Waals surface area contributed by atoms with E-state index in [4.69, 9.17) is 16.3 Å². The number of aliphatic hydroxyl groups is 1. The van der Waals surface area contributed by atoms with E-state index in [9.17, 15) is 38.4 Å². The van der Waals surface area contributed by atoms with Crippen LogP contribution in [0.3, 0.4) is 0 Å². The third kappa shape index (κ3) is 6.56. The lowest BCUT2D eigenvalue weighted by molar-refractivity contribution is -0.141. The number of nitrogen functional groups attached to an aromatic ring is 1. The highest BCUT2D eigenvalue weighted by Gasteiger charge is 2.24. The topological polar surface area (TPSA) is 266 Å². The zero-order valence-electron chi connectivity index (χ0n) is 21.5. The van der Waals surface area contributed by atoms with Gasteiger partial charge in [-0.1, -0.05) is 8.86 Å². The number of H-pyrrole nitrogens is 1. The standard InChI is InChI=1S/C26H25N6O8PS/c27-24(28)12-1-3-17-18(8-12)32-25(31-17)16-6-11(7-21(34)30-19(26(37)38)10-22(35)41)5-15(23(16)36)14-9-13(42(29,39)40)2-4-20(14)33/h1-6,8-9,19,33,35-36,41H,7,10H2,(H3,27,28)(H,30,34)(H,31,32)(H,37,38)(H2,29,39,40)/t19-/m0/s1. The summed E-state index contributed by atoms with van der Waals surface area (Å²) >= 11 is 0. The molecule has 14 nitrogen and oxygen atoms in total. The third-order valence-corrected chi connectivity index (χ3v) is 7.32. The minimum Gasteiger partial charge on any atom is -0.507 e. The van der Waals surface area contributed by atoms with E-state index in [1.807, 2.05) is 0 Å². The number of phenolic OH excluding ortho intramolecular Hbond substituents is 2. The Labute approximate surface area is 240 Å². The number of nitrogens with zero attached hydrogens (tertiary/aromatic N) is 1. The number of sulfonamides is 1. The first kappa shape index (κ1) is 30.1. The van der Waals surface area contributed by atoms with Gasteiger partial charge >= 0.3 is 5.97 Å². The van der Waals surface area contributed by atoms with Gasteiger partial charge in [0.05, 0.1) is 33.4 Å². The first-order valence-corrected chi connectivity index (χ1v) is 14.0. The van der Waals surface area contributed by atoms with Crippen LogP contribution in [0.15, 0.2) is 53.4 Å². The Kier molecular flexibility index (Phi) is 8.31. The molecule has 11 N–H and O–H groups in total. The number of amidine groups is 1. The van der Waals surface area contributed by atoms with E-state index in [1.165, 1.54) is 12.1 Å². The van der Waals surface area contributed by atoms with Crippen molar-refractivity contribution < 1.29 is 38.4 Å². The number of hydrogen-bond acceptors (Lipinski definition) is 8. The van der Waals surface area contributed by atoms with Gasteiger partial charge in [0.1, 0.15) is 29.2 Å². The number of nitrogens with one attached hydrogen (secondary N) is 3. The van der Waals surface area contributed by atoms with Gasteiger partial charge in [0.2, 0.25) is 15.9 Å². The highest BCUT2D eigenvalue weighted by Crippen LogP contribution is 2.42. The quantitative estimate of drug-likeness (QED) is 0.0705. The third-order valence-electron chi connectivity index (χ3n) is 6.20. The summed E-state index contributed by atoms with van der Waals surface area (Å²) in [5.74, 6) is -3.05. The Balaban J connectivity index is 1.87. The van der Waals surface area contributed by atoms with E-state index in [1.54, 1.807) is 18.2 Å². The Morgan fingerprint density at radius 1 is 1.05 bits per heavy atom. The van der Waals surface area contributed by atoms with Gasteiger partial charge in [-0.2, -0.15) is 0 Å². The molecule has 1 amide bonds. The Morgan fingerprint density at radius 3 is 2.36 bits per heavy atom. The van der Waals surface area contributed by atoms with Gasteiger partial charge in [-0.25, -0.2) is 23.3 Å². The molecule has 16 heteroatoms. The number of aromatic nitrogens is 2. The molecule has 0 spiro atoms. The summed E-state index contributed by atoms with van der Waals surface area (Å²) in [6.07, 6.45) is -0.823. The van der Waals surface area contributed by atoms with Crippen LogP contribution in [-0.2, 0) is 26.0 Å². The number of nitrogens with two attached hydrogens (primary N) is 2. The molecule has 1 heterocycles. The predicted molar refractivity (Wildman–Crippen MR) is 156 cm³/mol. The number of carboxylic acid groups (broad SMARTS) is 1. The number of imidazole rings is 1. The van der Waals surface area contributed by atoms with Gasteiger partial charge in [0.25, 0.3) is 0 Å². The maximum atomic E-state index is 12.8. The molecule has 0 unspecified atom stereocenters. The van der Waals surface area contributed by atoms with Crippen LogP contribution in [-0.4, -0.2) is 68.0 Å². The molecule has 0 fully saturated rings. The minimum atomic E-state index is -4.20. The van der Waals surface area contributed by atoms with Crippen molar-refractivity contribution in [1.82, 2.24) is 15.3 Å². The highest BCUT2D eigenvalue weighted by atomic mass is 32.2. The zero-order valence-corrected chi connectivity index (χ0v) is 23.4. The number of fused-ring (bicyclic) bond motifs is 1. The molecule has 4 rings (SSSR count). The van der Waals surface area contributed by atoms with Crippen LogP contribution in [0.2, 0.25) is 0 Å². The zero-order chi connectivity index (χ0) is 30.9. The fourth-order valence-electron chi connectivity index (χ4n) is 4.22. The molecule has 1 aromatic heterocycles. The van der Waals surface area contributed by atoms with Gasteiger partial charge in [-0.3, -0.25) is 10.2 Å². The van der Waals surface area contributed by atoms with Crippen molar-refractivity contribution in [1.29, 1.82) is 5.41 Å². The highest BCUT2D eigenvalue weighted by molar-refractivity contribution is 7.89. The van der Waals surface area contributed by atoms with Crippen LogP contribution < -0.4 is 16.2 Å². The predicted octanol–water partition coefficient (Wildman–Crippen LogP) is 1.39. The summed E-state index contributed by atoms with van der Waals surface area (Å²) in [4.78, 5) is 31.5. The molecule has 0 saturated carbocycles. The van der Waals surface area contributed by atoms with Gasteiger partial charge in [-0.15, -0.1) is 0 Å². The maximum Gasteiger partial charge on any atom is 0.326 e. The van der Waals surface area contributed by atoms with Crippen LogP contribution in [0.5, 0.6) is 11.5 Å². The molecule has 0 aliphatic heterocycles. The summed E-state index contributed by atoms with van der Waals surface area (Å²) in [6, 6.07) is 9.27. The summed E-state index contributed by atoms with van der Waals surface area (Å²) in [5, 5.41) is 56.0. The number of carbonyl (C=O) groups is 2. The van der Waals surface area contributed by atoms with E-state index in [2.05, 4.69) is 24.1 Å². The van der Waals surface area contributed by atoms with Crippen molar-refractivity contribution in [2.75, 3.05) is 0 Å². The van der Waals surface area contributed by atoms with Crippen molar-refractivity contribution >= 4 is 53.1 Å². The van der Waals surface area contributed by atoms with Gasteiger partial charge in [0.15, 0.2) is 0 Å². The number of aliphatic hydroxyl groups excluding tert-OH is 1. The number of hydrogen-bond donors (Lipinski definition) is 9. The van der Waals surface area contributed by atoms with Crippen molar-refractivity contribution in [3.05, 3.63) is 59.7 Å². The van der Waals surface area contributed by atoms with Gasteiger partial charge in [-0.05, 0) is 54.1 Å². The smallest absolute Gasteiger partial charge is 0.326 e. The molecular formula is C26H25N6O8PS. The fraction of sp³-hybridized carbons (Fsp3) is 0.115. The fourth-order valence-corrected chi connectivity index (χ4v) is 4.96. The number of aromatic amines is 1. The van der Waals surface area contributed by atoms with E-state index in [0.717, 1.165) is 18.2 Å². The van der Waals surface area contributed by atoms with Gasteiger partial charge < -0.3 is 36.5 Å².